The highest BCUT2D eigenvalue weighted by Gasteiger charge is 2.16. The van der Waals surface area contributed by atoms with Gasteiger partial charge in [0.05, 0.1) is 18.4 Å². The number of benzene rings is 2. The second kappa shape index (κ2) is 5.71. The van der Waals surface area contributed by atoms with Gasteiger partial charge in [0.25, 0.3) is 0 Å². The molecule has 0 bridgehead atoms. The highest BCUT2D eigenvalue weighted by molar-refractivity contribution is 6.04. The second-order valence-electron chi connectivity index (χ2n) is 5.28. The van der Waals surface area contributed by atoms with Gasteiger partial charge in [-0.2, -0.15) is 0 Å². The van der Waals surface area contributed by atoms with Gasteiger partial charge >= 0.3 is 6.03 Å². The van der Waals surface area contributed by atoms with Crippen molar-refractivity contribution in [1.29, 1.82) is 0 Å². The van der Waals surface area contributed by atoms with Crippen LogP contribution in [0.3, 0.4) is 0 Å². The second-order valence-corrected chi connectivity index (χ2v) is 5.28. The van der Waals surface area contributed by atoms with Crippen LogP contribution in [0.2, 0.25) is 0 Å². The zero-order valence-corrected chi connectivity index (χ0v) is 11.6. The van der Waals surface area contributed by atoms with Crippen LogP contribution < -0.4 is 10.6 Å². The molecule has 0 spiro atoms. The van der Waals surface area contributed by atoms with E-state index in [0.29, 0.717) is 0 Å². The summed E-state index contributed by atoms with van der Waals surface area (Å²) in [6, 6.07) is 9.71. The number of carbonyl (C=O) groups excluding carboxylic acids is 1. The number of aryl methyl sites for hydroxylation is 2. The number of amides is 2. The molecule has 3 rings (SSSR count). The molecule has 1 atom stereocenters. The van der Waals surface area contributed by atoms with E-state index >= 15 is 0 Å². The van der Waals surface area contributed by atoms with Gasteiger partial charge in [-0.05, 0) is 35.4 Å². The van der Waals surface area contributed by atoms with Crippen molar-refractivity contribution in [2.45, 2.75) is 18.9 Å². The fourth-order valence-electron chi connectivity index (χ4n) is 2.80. The van der Waals surface area contributed by atoms with Gasteiger partial charge in [0.1, 0.15) is 0 Å². The maximum atomic E-state index is 11.8. The lowest BCUT2D eigenvalue weighted by molar-refractivity contribution is 0.0965. The molecule has 2 aromatic rings. The van der Waals surface area contributed by atoms with Crippen molar-refractivity contribution in [1.82, 2.24) is 5.32 Å². The Labute approximate surface area is 122 Å². The third-order valence-corrected chi connectivity index (χ3v) is 3.83. The fourth-order valence-corrected chi connectivity index (χ4v) is 2.80. The molecule has 1 unspecified atom stereocenters. The molecule has 0 aliphatic heterocycles. The molecule has 5 heteroatoms. The Morgan fingerprint density at radius 2 is 1.95 bits per heavy atom. The third-order valence-electron chi connectivity index (χ3n) is 3.83. The maximum absolute atomic E-state index is 11.8. The van der Waals surface area contributed by atoms with E-state index < -0.39 is 6.10 Å². The molecular weight excluding hydrogens is 268 g/mol. The minimum Gasteiger partial charge on any atom is -0.394 e. The van der Waals surface area contributed by atoms with Crippen molar-refractivity contribution in [3.63, 3.8) is 0 Å². The molecule has 0 heterocycles. The van der Waals surface area contributed by atoms with Crippen molar-refractivity contribution < 1.29 is 15.0 Å². The van der Waals surface area contributed by atoms with Crippen LogP contribution in [0, 0.1) is 0 Å². The van der Waals surface area contributed by atoms with Gasteiger partial charge in [-0.15, -0.1) is 0 Å². The predicted molar refractivity (Wildman–Crippen MR) is 81.5 cm³/mol. The first-order chi connectivity index (χ1) is 10.2. The summed E-state index contributed by atoms with van der Waals surface area (Å²) < 4.78 is 0. The minimum atomic E-state index is -0.941. The van der Waals surface area contributed by atoms with E-state index in [-0.39, 0.29) is 19.2 Å². The molecule has 110 valence electrons. The number of hydrogen-bond donors (Lipinski definition) is 4. The summed E-state index contributed by atoms with van der Waals surface area (Å²) in [6.07, 6.45) is 1.15. The van der Waals surface area contributed by atoms with Gasteiger partial charge in [0.15, 0.2) is 0 Å². The summed E-state index contributed by atoms with van der Waals surface area (Å²) in [5.41, 5.74) is 3.40. The molecular formula is C16H18N2O3. The van der Waals surface area contributed by atoms with Crippen LogP contribution in [0.15, 0.2) is 30.3 Å². The van der Waals surface area contributed by atoms with Crippen molar-refractivity contribution in [3.8, 4) is 0 Å². The Bertz CT molecular complexity index is 674. The maximum Gasteiger partial charge on any atom is 0.319 e. The zero-order valence-electron chi connectivity index (χ0n) is 11.6. The zero-order chi connectivity index (χ0) is 14.8. The Morgan fingerprint density at radius 1 is 1.19 bits per heavy atom. The summed E-state index contributed by atoms with van der Waals surface area (Å²) in [5, 5.41) is 25.6. The quantitative estimate of drug-likeness (QED) is 0.686. The van der Waals surface area contributed by atoms with E-state index in [4.69, 9.17) is 5.11 Å². The van der Waals surface area contributed by atoms with Gasteiger partial charge in [-0.1, -0.05) is 24.3 Å². The highest BCUT2D eigenvalue weighted by Crippen LogP contribution is 2.34. The van der Waals surface area contributed by atoms with Crippen LogP contribution in [-0.4, -0.2) is 35.5 Å². The molecule has 4 N–H and O–H groups in total. The first-order valence-electron chi connectivity index (χ1n) is 7.06. The van der Waals surface area contributed by atoms with E-state index in [9.17, 15) is 9.90 Å². The van der Waals surface area contributed by atoms with Crippen molar-refractivity contribution in [2.24, 2.45) is 0 Å². The SMILES string of the molecule is O=C(NCC(O)CO)Nc1ccc2c3c(cccc13)CC2. The number of hydrogen-bond acceptors (Lipinski definition) is 3. The highest BCUT2D eigenvalue weighted by atomic mass is 16.3. The van der Waals surface area contributed by atoms with E-state index in [1.165, 1.54) is 16.5 Å². The number of rotatable bonds is 4. The minimum absolute atomic E-state index is 0.0175. The summed E-state index contributed by atoms with van der Waals surface area (Å²) in [7, 11) is 0. The molecule has 21 heavy (non-hydrogen) atoms. The Hall–Kier alpha value is -2.11. The lowest BCUT2D eigenvalue weighted by Gasteiger charge is -2.13. The topological polar surface area (TPSA) is 81.6 Å². The van der Waals surface area contributed by atoms with Crippen LogP contribution in [0.4, 0.5) is 10.5 Å². The van der Waals surface area contributed by atoms with Crippen LogP contribution in [-0.2, 0) is 12.8 Å². The van der Waals surface area contributed by atoms with Crippen LogP contribution >= 0.6 is 0 Å². The Kier molecular flexibility index (Phi) is 3.77. The first-order valence-corrected chi connectivity index (χ1v) is 7.06. The summed E-state index contributed by atoms with van der Waals surface area (Å²) in [4.78, 5) is 11.8. The summed E-state index contributed by atoms with van der Waals surface area (Å²) >= 11 is 0. The molecule has 0 saturated carbocycles. The molecule has 2 amide bonds. The lowest BCUT2D eigenvalue weighted by Crippen LogP contribution is -2.36. The van der Waals surface area contributed by atoms with Crippen molar-refractivity contribution in [3.05, 3.63) is 41.5 Å². The average molecular weight is 286 g/mol. The standard InChI is InChI=1S/C16H18N2O3/c19-9-12(20)8-17-16(21)18-14-7-6-11-5-4-10-2-1-3-13(14)15(10)11/h1-3,6-7,12,19-20H,4-5,8-9H2,(H2,17,18,21). The van der Waals surface area contributed by atoms with Gasteiger partial charge in [-0.25, -0.2) is 4.79 Å². The monoisotopic (exact) mass is 286 g/mol. The molecule has 0 saturated heterocycles. The number of carbonyl (C=O) groups is 1. The van der Waals surface area contributed by atoms with Crippen molar-refractivity contribution >= 4 is 22.5 Å². The molecule has 1 aliphatic rings. The molecule has 0 radical (unpaired) electrons. The lowest BCUT2D eigenvalue weighted by atomic mass is 10.0. The van der Waals surface area contributed by atoms with Crippen LogP contribution in [0.5, 0.6) is 0 Å². The van der Waals surface area contributed by atoms with E-state index in [0.717, 1.165) is 23.9 Å². The van der Waals surface area contributed by atoms with E-state index in [2.05, 4.69) is 22.8 Å². The van der Waals surface area contributed by atoms with Gasteiger partial charge in [-0.3, -0.25) is 0 Å². The van der Waals surface area contributed by atoms with Crippen LogP contribution in [0.25, 0.3) is 10.8 Å². The number of aliphatic hydroxyl groups is 2. The fraction of sp³-hybridized carbons (Fsp3) is 0.312. The molecule has 1 aliphatic carbocycles. The largest absolute Gasteiger partial charge is 0.394 e. The van der Waals surface area contributed by atoms with Crippen LogP contribution in [0.1, 0.15) is 11.1 Å². The molecule has 0 fully saturated rings. The predicted octanol–water partition coefficient (Wildman–Crippen LogP) is 1.41. The summed E-state index contributed by atoms with van der Waals surface area (Å²) in [6.45, 7) is -0.356. The van der Waals surface area contributed by atoms with E-state index in [1.807, 2.05) is 18.2 Å². The number of urea groups is 1. The smallest absolute Gasteiger partial charge is 0.319 e. The Balaban J connectivity index is 1.81. The number of aliphatic hydroxyl groups excluding tert-OH is 2. The van der Waals surface area contributed by atoms with Crippen molar-refractivity contribution in [2.75, 3.05) is 18.5 Å². The number of anilines is 1. The van der Waals surface area contributed by atoms with E-state index in [1.54, 1.807) is 0 Å². The number of nitrogens with one attached hydrogen (secondary N) is 2. The third kappa shape index (κ3) is 2.70. The normalized spacial score (nSPS) is 14.2. The van der Waals surface area contributed by atoms with Gasteiger partial charge < -0.3 is 20.8 Å². The average Bonchev–Trinajstić information content (AvgIpc) is 2.92. The first kappa shape index (κ1) is 13.9. The molecule has 0 aromatic heterocycles. The molecule has 5 nitrogen and oxygen atoms in total. The van der Waals surface area contributed by atoms with Gasteiger partial charge in [0, 0.05) is 11.9 Å². The van der Waals surface area contributed by atoms with Gasteiger partial charge in [0.2, 0.25) is 0 Å². The summed E-state index contributed by atoms with van der Waals surface area (Å²) in [5.74, 6) is 0. The Morgan fingerprint density at radius 3 is 2.71 bits per heavy atom. The molecule has 2 aromatic carbocycles.